The third kappa shape index (κ3) is 4.18. The fraction of sp³-hybridized carbons (Fsp3) is 0.188. The number of carbonyl (C=O) groups excluding carboxylic acids is 1. The largest absolute Gasteiger partial charge is 0.504 e. The molecule has 0 radical (unpaired) electrons. The van der Waals surface area contributed by atoms with E-state index in [-0.39, 0.29) is 39.5 Å². The molecule has 0 bridgehead atoms. The smallest absolute Gasteiger partial charge is 0.343 e. The van der Waals surface area contributed by atoms with Crippen molar-refractivity contribution >= 4 is 52.3 Å². The summed E-state index contributed by atoms with van der Waals surface area (Å²) in [7, 11) is 1.26. The highest BCUT2D eigenvalue weighted by Gasteiger charge is 2.17. The molecule has 0 aromatic heterocycles. The zero-order valence-corrected chi connectivity index (χ0v) is 15.8. The van der Waals surface area contributed by atoms with Gasteiger partial charge >= 0.3 is 5.97 Å². The Balaban J connectivity index is 2.30. The molecule has 9 heteroatoms. The van der Waals surface area contributed by atoms with Gasteiger partial charge in [-0.3, -0.25) is 0 Å². The zero-order chi connectivity index (χ0) is 18.7. The van der Waals surface area contributed by atoms with Crippen molar-refractivity contribution in [1.82, 2.24) is 0 Å². The lowest BCUT2D eigenvalue weighted by molar-refractivity contribution is -0.142. The SMILES string of the molecule is COC(=O)COc1ccc(Sc2cc(N)c(O)c(N)c2C)c(Cl)c1Cl. The molecule has 0 aliphatic heterocycles. The number of ether oxygens (including phenoxy) is 2. The van der Waals surface area contributed by atoms with Crippen molar-refractivity contribution in [3.8, 4) is 11.5 Å². The number of carbonyl (C=O) groups is 1. The summed E-state index contributed by atoms with van der Waals surface area (Å²) in [5, 5.41) is 10.2. The highest BCUT2D eigenvalue weighted by Crippen LogP contribution is 2.45. The van der Waals surface area contributed by atoms with E-state index in [1.54, 1.807) is 25.1 Å². The Morgan fingerprint density at radius 2 is 1.92 bits per heavy atom. The number of esters is 1. The number of methoxy groups -OCH3 is 1. The fourth-order valence-electron chi connectivity index (χ4n) is 1.91. The Kier molecular flexibility index (Phi) is 6.16. The summed E-state index contributed by atoms with van der Waals surface area (Å²) < 4.78 is 9.78. The molecule has 0 spiro atoms. The maximum absolute atomic E-state index is 11.1. The molecule has 0 aliphatic rings. The first-order chi connectivity index (χ1) is 11.8. The van der Waals surface area contributed by atoms with Crippen LogP contribution in [-0.4, -0.2) is 24.8 Å². The van der Waals surface area contributed by atoms with Gasteiger partial charge < -0.3 is 26.0 Å². The minimum Gasteiger partial charge on any atom is -0.504 e. The van der Waals surface area contributed by atoms with Crippen LogP contribution in [0.5, 0.6) is 11.5 Å². The van der Waals surface area contributed by atoms with E-state index in [0.29, 0.717) is 10.5 Å². The molecule has 0 fully saturated rings. The van der Waals surface area contributed by atoms with Gasteiger partial charge in [0.25, 0.3) is 0 Å². The number of halogens is 2. The molecule has 0 amide bonds. The van der Waals surface area contributed by atoms with Gasteiger partial charge in [-0.1, -0.05) is 35.0 Å². The molecule has 6 nitrogen and oxygen atoms in total. The highest BCUT2D eigenvalue weighted by atomic mass is 35.5. The summed E-state index contributed by atoms with van der Waals surface area (Å²) in [6.45, 7) is 1.49. The van der Waals surface area contributed by atoms with Crippen molar-refractivity contribution in [3.05, 3.63) is 33.8 Å². The summed E-state index contributed by atoms with van der Waals surface area (Å²) in [6, 6.07) is 4.91. The first-order valence-electron chi connectivity index (χ1n) is 6.99. The van der Waals surface area contributed by atoms with Gasteiger partial charge in [0.2, 0.25) is 0 Å². The standard InChI is InChI=1S/C16H16Cl2N2O4S/c1-7-11(5-8(19)16(22)15(7)20)25-10-4-3-9(13(17)14(10)18)24-6-12(21)23-2/h3-5,22H,6,19-20H2,1-2H3. The third-order valence-corrected chi connectivity index (χ3v) is 5.57. The van der Waals surface area contributed by atoms with Crippen molar-refractivity contribution in [3.63, 3.8) is 0 Å². The van der Waals surface area contributed by atoms with E-state index in [2.05, 4.69) is 4.74 Å². The predicted molar refractivity (Wildman–Crippen MR) is 99.8 cm³/mol. The zero-order valence-electron chi connectivity index (χ0n) is 13.4. The number of hydrogen-bond acceptors (Lipinski definition) is 7. The molecule has 0 atom stereocenters. The molecule has 2 rings (SSSR count). The number of nitrogens with two attached hydrogens (primary N) is 2. The first-order valence-corrected chi connectivity index (χ1v) is 8.56. The lowest BCUT2D eigenvalue weighted by atomic mass is 10.1. The number of anilines is 2. The molecule has 0 aliphatic carbocycles. The normalized spacial score (nSPS) is 10.6. The number of phenolic OH excluding ortho intramolecular Hbond substituents is 1. The number of benzene rings is 2. The molecule has 2 aromatic carbocycles. The van der Waals surface area contributed by atoms with E-state index in [0.717, 1.165) is 4.90 Å². The minimum atomic E-state index is -0.531. The summed E-state index contributed by atoms with van der Waals surface area (Å²) in [5.74, 6) is -0.406. The van der Waals surface area contributed by atoms with Crippen LogP contribution in [0.25, 0.3) is 0 Å². The molecule has 0 saturated heterocycles. The molecular weight excluding hydrogens is 387 g/mol. The van der Waals surface area contributed by atoms with Gasteiger partial charge in [-0.2, -0.15) is 0 Å². The van der Waals surface area contributed by atoms with Gasteiger partial charge in [0.15, 0.2) is 12.4 Å². The van der Waals surface area contributed by atoms with Crippen molar-refractivity contribution in [2.24, 2.45) is 0 Å². The van der Waals surface area contributed by atoms with Crippen LogP contribution >= 0.6 is 35.0 Å². The van der Waals surface area contributed by atoms with Crippen LogP contribution in [0, 0.1) is 6.92 Å². The Morgan fingerprint density at radius 3 is 2.56 bits per heavy atom. The van der Waals surface area contributed by atoms with E-state index >= 15 is 0 Å². The molecule has 25 heavy (non-hydrogen) atoms. The van der Waals surface area contributed by atoms with Gasteiger partial charge in [-0.15, -0.1) is 0 Å². The van der Waals surface area contributed by atoms with E-state index < -0.39 is 5.97 Å². The molecule has 0 unspecified atom stereocenters. The number of phenols is 1. The van der Waals surface area contributed by atoms with E-state index in [1.165, 1.54) is 18.9 Å². The quantitative estimate of drug-likeness (QED) is 0.395. The summed E-state index contributed by atoms with van der Waals surface area (Å²) in [5.41, 5.74) is 12.7. The Bertz CT molecular complexity index is 831. The molecular formula is C16H16Cl2N2O4S. The molecule has 5 N–H and O–H groups in total. The summed E-state index contributed by atoms with van der Waals surface area (Å²) in [4.78, 5) is 12.5. The molecule has 134 valence electrons. The number of aromatic hydroxyl groups is 1. The average molecular weight is 403 g/mol. The van der Waals surface area contributed by atoms with Crippen molar-refractivity contribution in [2.45, 2.75) is 16.7 Å². The Morgan fingerprint density at radius 1 is 1.24 bits per heavy atom. The summed E-state index contributed by atoms with van der Waals surface area (Å²) >= 11 is 13.8. The lowest BCUT2D eigenvalue weighted by Gasteiger charge is -2.14. The second-order valence-corrected chi connectivity index (χ2v) is 6.85. The topological polar surface area (TPSA) is 108 Å². The predicted octanol–water partition coefficient (Wildman–Crippen LogP) is 3.87. The van der Waals surface area contributed by atoms with Gasteiger partial charge in [0.05, 0.1) is 23.5 Å². The van der Waals surface area contributed by atoms with Crippen LogP contribution in [0.3, 0.4) is 0 Å². The molecule has 0 heterocycles. The molecule has 0 saturated carbocycles. The van der Waals surface area contributed by atoms with E-state index in [1.807, 2.05) is 0 Å². The summed E-state index contributed by atoms with van der Waals surface area (Å²) in [6.07, 6.45) is 0. The first kappa shape index (κ1) is 19.4. The highest BCUT2D eigenvalue weighted by molar-refractivity contribution is 7.99. The minimum absolute atomic E-state index is 0.141. The second-order valence-electron chi connectivity index (χ2n) is 5.01. The number of nitrogen functional groups attached to an aromatic ring is 2. The van der Waals surface area contributed by atoms with Crippen molar-refractivity contribution in [1.29, 1.82) is 0 Å². The second kappa shape index (κ2) is 7.95. The van der Waals surface area contributed by atoms with Gasteiger partial charge in [-0.05, 0) is 30.7 Å². The van der Waals surface area contributed by atoms with E-state index in [4.69, 9.17) is 39.4 Å². The van der Waals surface area contributed by atoms with Gasteiger partial charge in [-0.25, -0.2) is 4.79 Å². The van der Waals surface area contributed by atoms with Crippen LogP contribution in [-0.2, 0) is 9.53 Å². The van der Waals surface area contributed by atoms with Crippen LogP contribution in [0.2, 0.25) is 10.0 Å². The number of hydrogen-bond donors (Lipinski definition) is 3. The Hall–Kier alpha value is -1.96. The third-order valence-electron chi connectivity index (χ3n) is 3.39. The van der Waals surface area contributed by atoms with Crippen molar-refractivity contribution in [2.75, 3.05) is 25.2 Å². The lowest BCUT2D eigenvalue weighted by Crippen LogP contribution is -2.12. The average Bonchev–Trinajstić information content (AvgIpc) is 2.60. The van der Waals surface area contributed by atoms with Crippen LogP contribution < -0.4 is 16.2 Å². The fourth-order valence-corrected chi connectivity index (χ4v) is 3.47. The molecule has 2 aromatic rings. The van der Waals surface area contributed by atoms with Crippen LogP contribution in [0.4, 0.5) is 11.4 Å². The van der Waals surface area contributed by atoms with Gasteiger partial charge in [0.1, 0.15) is 10.8 Å². The van der Waals surface area contributed by atoms with E-state index in [9.17, 15) is 9.90 Å². The van der Waals surface area contributed by atoms with Crippen LogP contribution in [0.1, 0.15) is 5.56 Å². The van der Waals surface area contributed by atoms with Crippen molar-refractivity contribution < 1.29 is 19.4 Å². The Labute approximate surface area is 159 Å². The van der Waals surface area contributed by atoms with Crippen LogP contribution in [0.15, 0.2) is 28.0 Å². The monoisotopic (exact) mass is 402 g/mol. The number of rotatable bonds is 5. The van der Waals surface area contributed by atoms with Gasteiger partial charge in [0, 0.05) is 9.79 Å². The maximum atomic E-state index is 11.1. The maximum Gasteiger partial charge on any atom is 0.343 e.